The third-order valence-electron chi connectivity index (χ3n) is 1.91. The number of rotatable bonds is 3. The van der Waals surface area contributed by atoms with Crippen molar-refractivity contribution < 1.29 is 5.21 Å². The van der Waals surface area contributed by atoms with Gasteiger partial charge in [0, 0.05) is 6.20 Å². The van der Waals surface area contributed by atoms with Crippen molar-refractivity contribution in [2.75, 3.05) is 0 Å². The predicted octanol–water partition coefficient (Wildman–Crippen LogP) is 1.01. The number of aromatic nitrogens is 1. The Bertz CT molecular complexity index is 436. The average Bonchev–Trinajstić information content (AvgIpc) is 2.35. The van der Waals surface area contributed by atoms with Gasteiger partial charge in [0.25, 0.3) is 0 Å². The van der Waals surface area contributed by atoms with Crippen LogP contribution in [0, 0.1) is 0 Å². The summed E-state index contributed by atoms with van der Waals surface area (Å²) >= 11 is 0. The van der Waals surface area contributed by atoms with E-state index in [1.807, 2.05) is 6.07 Å². The van der Waals surface area contributed by atoms with Crippen molar-refractivity contribution in [1.29, 1.82) is 0 Å². The summed E-state index contributed by atoms with van der Waals surface area (Å²) in [7, 11) is 0. The topological polar surface area (TPSA) is 96.2 Å². The fourth-order valence-electron chi connectivity index (χ4n) is 0.839. The SMILES string of the molecule is CC(=N\O)/C(C)=N/N=C(\N)c1ccccn1. The van der Waals surface area contributed by atoms with Crippen molar-refractivity contribution >= 4 is 17.3 Å². The highest BCUT2D eigenvalue weighted by Crippen LogP contribution is 1.94. The summed E-state index contributed by atoms with van der Waals surface area (Å²) < 4.78 is 0. The first-order chi connectivity index (χ1) is 7.65. The Morgan fingerprint density at radius 1 is 1.25 bits per heavy atom. The summed E-state index contributed by atoms with van der Waals surface area (Å²) in [5.74, 6) is 0.214. The molecule has 0 bridgehead atoms. The highest BCUT2D eigenvalue weighted by atomic mass is 16.4. The summed E-state index contributed by atoms with van der Waals surface area (Å²) in [6, 6.07) is 5.33. The lowest BCUT2D eigenvalue weighted by atomic mass is 10.3. The minimum Gasteiger partial charge on any atom is -0.411 e. The second-order valence-corrected chi connectivity index (χ2v) is 3.07. The van der Waals surface area contributed by atoms with E-state index < -0.39 is 0 Å². The van der Waals surface area contributed by atoms with Crippen LogP contribution in [-0.4, -0.2) is 27.5 Å². The lowest BCUT2D eigenvalue weighted by molar-refractivity contribution is 0.320. The number of hydrogen-bond donors (Lipinski definition) is 2. The molecule has 84 valence electrons. The van der Waals surface area contributed by atoms with Crippen molar-refractivity contribution in [3.63, 3.8) is 0 Å². The first kappa shape index (κ1) is 11.8. The number of pyridine rings is 1. The molecule has 1 rings (SSSR count). The molecule has 0 aromatic carbocycles. The van der Waals surface area contributed by atoms with Gasteiger partial charge in [-0.3, -0.25) is 4.98 Å². The molecule has 6 nitrogen and oxygen atoms in total. The van der Waals surface area contributed by atoms with Gasteiger partial charge in [-0.1, -0.05) is 11.2 Å². The molecule has 16 heavy (non-hydrogen) atoms. The highest BCUT2D eigenvalue weighted by molar-refractivity contribution is 6.40. The van der Waals surface area contributed by atoms with Gasteiger partial charge in [-0.25, -0.2) is 0 Å². The maximum absolute atomic E-state index is 8.50. The summed E-state index contributed by atoms with van der Waals surface area (Å²) in [5.41, 5.74) is 7.09. The van der Waals surface area contributed by atoms with Crippen LogP contribution < -0.4 is 5.73 Å². The van der Waals surface area contributed by atoms with Crippen LogP contribution in [0.1, 0.15) is 19.5 Å². The number of oxime groups is 1. The second-order valence-electron chi connectivity index (χ2n) is 3.07. The molecule has 0 aliphatic carbocycles. The van der Waals surface area contributed by atoms with Crippen LogP contribution in [0.2, 0.25) is 0 Å². The Morgan fingerprint density at radius 3 is 2.56 bits per heavy atom. The van der Waals surface area contributed by atoms with Gasteiger partial charge < -0.3 is 10.9 Å². The van der Waals surface area contributed by atoms with E-state index in [4.69, 9.17) is 10.9 Å². The number of amidine groups is 1. The lowest BCUT2D eigenvalue weighted by Gasteiger charge is -1.97. The Hall–Kier alpha value is -2.24. The summed E-state index contributed by atoms with van der Waals surface area (Å²) in [5, 5.41) is 19.1. The standard InChI is InChI=1S/C10H13N5O/c1-7(8(2)15-16)13-14-10(11)9-5-3-4-6-12-9/h3-6,16H,1-2H3,(H2,11,14)/b13-7+,15-8+. The fourth-order valence-corrected chi connectivity index (χ4v) is 0.839. The van der Waals surface area contributed by atoms with Crippen LogP contribution in [0.4, 0.5) is 0 Å². The molecule has 0 unspecified atom stereocenters. The van der Waals surface area contributed by atoms with Crippen molar-refractivity contribution in [2.24, 2.45) is 21.1 Å². The Balaban J connectivity index is 2.87. The summed E-state index contributed by atoms with van der Waals surface area (Å²) in [6.45, 7) is 3.29. The zero-order valence-corrected chi connectivity index (χ0v) is 9.12. The van der Waals surface area contributed by atoms with Gasteiger partial charge in [0.05, 0.1) is 11.4 Å². The molecule has 0 fully saturated rings. The third-order valence-corrected chi connectivity index (χ3v) is 1.91. The molecular weight excluding hydrogens is 206 g/mol. The number of nitrogens with two attached hydrogens (primary N) is 1. The molecule has 0 saturated carbocycles. The molecule has 3 N–H and O–H groups in total. The van der Waals surface area contributed by atoms with E-state index in [2.05, 4.69) is 20.3 Å². The van der Waals surface area contributed by atoms with E-state index in [1.165, 1.54) is 0 Å². The van der Waals surface area contributed by atoms with Crippen molar-refractivity contribution in [1.82, 2.24) is 4.98 Å². The molecule has 1 heterocycles. The van der Waals surface area contributed by atoms with Gasteiger partial charge in [-0.05, 0) is 26.0 Å². The zero-order valence-electron chi connectivity index (χ0n) is 9.12. The van der Waals surface area contributed by atoms with Crippen LogP contribution in [0.25, 0.3) is 0 Å². The molecule has 0 atom stereocenters. The zero-order chi connectivity index (χ0) is 12.0. The molecule has 1 aromatic heterocycles. The molecule has 0 amide bonds. The van der Waals surface area contributed by atoms with Gasteiger partial charge in [-0.2, -0.15) is 5.10 Å². The quantitative estimate of drug-likeness (QED) is 0.343. The molecule has 0 saturated heterocycles. The largest absolute Gasteiger partial charge is 0.411 e. The molecule has 0 spiro atoms. The molecule has 1 aromatic rings. The number of nitrogens with zero attached hydrogens (tertiary/aromatic N) is 4. The van der Waals surface area contributed by atoms with Crippen LogP contribution in [0.15, 0.2) is 39.8 Å². The van der Waals surface area contributed by atoms with Gasteiger partial charge in [0.15, 0.2) is 5.84 Å². The van der Waals surface area contributed by atoms with Crippen LogP contribution >= 0.6 is 0 Å². The molecule has 0 radical (unpaired) electrons. The minimum atomic E-state index is 0.214. The Labute approximate surface area is 93.2 Å². The maximum atomic E-state index is 8.50. The van der Waals surface area contributed by atoms with Gasteiger partial charge in [0.2, 0.25) is 0 Å². The first-order valence-corrected chi connectivity index (χ1v) is 4.63. The van der Waals surface area contributed by atoms with E-state index >= 15 is 0 Å². The first-order valence-electron chi connectivity index (χ1n) is 4.63. The smallest absolute Gasteiger partial charge is 0.171 e. The van der Waals surface area contributed by atoms with Crippen LogP contribution in [-0.2, 0) is 0 Å². The van der Waals surface area contributed by atoms with E-state index in [9.17, 15) is 0 Å². The maximum Gasteiger partial charge on any atom is 0.171 e. The highest BCUT2D eigenvalue weighted by Gasteiger charge is 1.99. The lowest BCUT2D eigenvalue weighted by Crippen LogP contribution is -2.15. The van der Waals surface area contributed by atoms with E-state index in [-0.39, 0.29) is 5.84 Å². The fraction of sp³-hybridized carbons (Fsp3) is 0.200. The molecule has 0 aliphatic rings. The van der Waals surface area contributed by atoms with Gasteiger partial charge >= 0.3 is 0 Å². The van der Waals surface area contributed by atoms with Gasteiger partial charge in [-0.15, -0.1) is 5.10 Å². The van der Waals surface area contributed by atoms with Crippen molar-refractivity contribution in [2.45, 2.75) is 13.8 Å². The summed E-state index contributed by atoms with van der Waals surface area (Å²) in [6.07, 6.45) is 1.62. The van der Waals surface area contributed by atoms with Crippen LogP contribution in [0.3, 0.4) is 0 Å². The normalized spacial score (nSPS) is 14.0. The minimum absolute atomic E-state index is 0.214. The number of hydrogen-bond acceptors (Lipinski definition) is 5. The predicted molar refractivity (Wildman–Crippen MR) is 63.0 cm³/mol. The van der Waals surface area contributed by atoms with E-state index in [0.717, 1.165) is 0 Å². The molecular formula is C10H13N5O. The average molecular weight is 219 g/mol. The molecule has 0 aliphatic heterocycles. The second kappa shape index (κ2) is 5.59. The monoisotopic (exact) mass is 219 g/mol. The van der Waals surface area contributed by atoms with Crippen molar-refractivity contribution in [3.05, 3.63) is 30.1 Å². The van der Waals surface area contributed by atoms with Crippen molar-refractivity contribution in [3.8, 4) is 0 Å². The van der Waals surface area contributed by atoms with E-state index in [0.29, 0.717) is 17.1 Å². The van der Waals surface area contributed by atoms with Crippen LogP contribution in [0.5, 0.6) is 0 Å². The third kappa shape index (κ3) is 3.16. The summed E-state index contributed by atoms with van der Waals surface area (Å²) in [4.78, 5) is 4.02. The Morgan fingerprint density at radius 2 is 2.00 bits per heavy atom. The van der Waals surface area contributed by atoms with E-state index in [1.54, 1.807) is 32.2 Å². The van der Waals surface area contributed by atoms with Gasteiger partial charge in [0.1, 0.15) is 5.69 Å². The Kier molecular flexibility index (Phi) is 4.14. The molecule has 6 heteroatoms.